The lowest BCUT2D eigenvalue weighted by atomic mass is 9.96. The van der Waals surface area contributed by atoms with Crippen molar-refractivity contribution in [3.8, 4) is 11.3 Å². The summed E-state index contributed by atoms with van der Waals surface area (Å²) in [6.45, 7) is 5.46. The number of rotatable bonds is 7. The third-order valence-corrected chi connectivity index (χ3v) is 6.85. The summed E-state index contributed by atoms with van der Waals surface area (Å²) in [6, 6.07) is 33.9. The number of nitrogens with zero attached hydrogens (tertiary/aromatic N) is 2. The Bertz CT molecular complexity index is 1130. The molecule has 1 aliphatic rings. The first-order valence-corrected chi connectivity index (χ1v) is 12.1. The highest BCUT2D eigenvalue weighted by molar-refractivity contribution is 5.58. The predicted molar refractivity (Wildman–Crippen MR) is 136 cm³/mol. The molecule has 0 saturated carbocycles. The van der Waals surface area contributed by atoms with E-state index in [1.54, 1.807) is 0 Å². The van der Waals surface area contributed by atoms with Crippen molar-refractivity contribution in [1.29, 1.82) is 0 Å². The van der Waals surface area contributed by atoms with E-state index in [9.17, 15) is 5.11 Å². The fourth-order valence-electron chi connectivity index (χ4n) is 4.97. The average molecular weight is 453 g/mol. The molecule has 0 spiro atoms. The second-order valence-electron chi connectivity index (χ2n) is 9.04. The number of furan rings is 1. The quantitative estimate of drug-likeness (QED) is 0.401. The average Bonchev–Trinajstić information content (AvgIpc) is 3.26. The Kier molecular flexibility index (Phi) is 6.91. The summed E-state index contributed by atoms with van der Waals surface area (Å²) in [5, 5.41) is 11.1. The van der Waals surface area contributed by atoms with Crippen molar-refractivity contribution in [2.75, 3.05) is 26.2 Å². The molecule has 1 saturated heterocycles. The van der Waals surface area contributed by atoms with E-state index in [2.05, 4.69) is 76.5 Å². The highest BCUT2D eigenvalue weighted by atomic mass is 16.3. The lowest BCUT2D eigenvalue weighted by molar-refractivity contribution is -0.0293. The zero-order chi connectivity index (χ0) is 23.3. The van der Waals surface area contributed by atoms with Gasteiger partial charge < -0.3 is 9.52 Å². The Morgan fingerprint density at radius 1 is 0.735 bits per heavy atom. The van der Waals surface area contributed by atoms with E-state index < -0.39 is 6.23 Å². The highest BCUT2D eigenvalue weighted by Gasteiger charge is 2.29. The Balaban J connectivity index is 1.25. The molecular weight excluding hydrogens is 420 g/mol. The van der Waals surface area contributed by atoms with Gasteiger partial charge in [-0.2, -0.15) is 0 Å². The Morgan fingerprint density at radius 2 is 1.24 bits per heavy atom. The van der Waals surface area contributed by atoms with Crippen LogP contribution in [0, 0.1) is 6.92 Å². The van der Waals surface area contributed by atoms with E-state index in [1.165, 1.54) is 11.1 Å². The molecule has 1 aliphatic heterocycles. The zero-order valence-corrected chi connectivity index (χ0v) is 19.7. The number of benzene rings is 3. The number of aryl methyl sites for hydroxylation is 1. The monoisotopic (exact) mass is 452 g/mol. The van der Waals surface area contributed by atoms with E-state index in [-0.39, 0.29) is 6.04 Å². The van der Waals surface area contributed by atoms with Crippen LogP contribution in [0.1, 0.15) is 28.5 Å². The largest absolute Gasteiger partial charge is 0.461 e. The summed E-state index contributed by atoms with van der Waals surface area (Å²) in [5.41, 5.74) is 4.75. The molecular formula is C30H32N2O2. The van der Waals surface area contributed by atoms with Gasteiger partial charge in [0, 0.05) is 38.2 Å². The van der Waals surface area contributed by atoms with Crippen LogP contribution in [-0.2, 0) is 6.42 Å². The van der Waals surface area contributed by atoms with Crippen molar-refractivity contribution in [1.82, 2.24) is 9.80 Å². The first-order valence-electron chi connectivity index (χ1n) is 12.1. The zero-order valence-electron chi connectivity index (χ0n) is 19.7. The summed E-state index contributed by atoms with van der Waals surface area (Å²) >= 11 is 0. The summed E-state index contributed by atoms with van der Waals surface area (Å²) in [6.07, 6.45) is 0.0529. The molecule has 0 amide bonds. The number of hydrogen-bond acceptors (Lipinski definition) is 4. The molecule has 4 heteroatoms. The van der Waals surface area contributed by atoms with Crippen LogP contribution in [-0.4, -0.2) is 47.3 Å². The van der Waals surface area contributed by atoms with Crippen LogP contribution in [0.2, 0.25) is 0 Å². The first-order chi connectivity index (χ1) is 16.7. The number of aliphatic hydroxyl groups excluding tert-OH is 1. The summed E-state index contributed by atoms with van der Waals surface area (Å²) in [7, 11) is 0. The molecule has 174 valence electrons. The van der Waals surface area contributed by atoms with Gasteiger partial charge in [0.25, 0.3) is 0 Å². The predicted octanol–water partition coefficient (Wildman–Crippen LogP) is 5.52. The third kappa shape index (κ3) is 5.00. The SMILES string of the molecule is Cc1oc(-c2ccccc2)cc1CC(O)N1CCN(C(c2ccccc2)c2ccccc2)CC1. The van der Waals surface area contributed by atoms with Crippen molar-refractivity contribution in [2.24, 2.45) is 0 Å². The molecule has 3 aromatic carbocycles. The Hall–Kier alpha value is -3.18. The van der Waals surface area contributed by atoms with E-state index in [0.717, 1.165) is 48.8 Å². The molecule has 4 nitrogen and oxygen atoms in total. The molecule has 1 fully saturated rings. The molecule has 5 rings (SSSR count). The van der Waals surface area contributed by atoms with E-state index in [0.29, 0.717) is 6.42 Å². The molecule has 2 heterocycles. The van der Waals surface area contributed by atoms with E-state index >= 15 is 0 Å². The van der Waals surface area contributed by atoms with Crippen molar-refractivity contribution in [3.63, 3.8) is 0 Å². The lowest BCUT2D eigenvalue weighted by Crippen LogP contribution is -2.51. The van der Waals surface area contributed by atoms with Gasteiger partial charge in [-0.1, -0.05) is 91.0 Å². The maximum absolute atomic E-state index is 11.1. The number of piperazine rings is 1. The van der Waals surface area contributed by atoms with Gasteiger partial charge in [0.2, 0.25) is 0 Å². The van der Waals surface area contributed by atoms with Crippen molar-refractivity contribution in [3.05, 3.63) is 120 Å². The fraction of sp³-hybridized carbons (Fsp3) is 0.267. The van der Waals surface area contributed by atoms with Crippen LogP contribution in [0.3, 0.4) is 0 Å². The standard InChI is InChI=1S/C30H32N2O2/c1-23-27(21-28(34-23)24-11-5-2-6-12-24)22-29(33)31-17-19-32(20-18-31)30(25-13-7-3-8-14-25)26-15-9-4-10-16-26/h2-16,21,29-30,33H,17-20,22H2,1H3. The van der Waals surface area contributed by atoms with Crippen LogP contribution in [0.15, 0.2) is 101 Å². The normalized spacial score (nSPS) is 16.1. The smallest absolute Gasteiger partial charge is 0.134 e. The van der Waals surface area contributed by atoms with Gasteiger partial charge in [-0.3, -0.25) is 9.80 Å². The van der Waals surface area contributed by atoms with Gasteiger partial charge >= 0.3 is 0 Å². The molecule has 4 aromatic rings. The van der Waals surface area contributed by atoms with Crippen molar-refractivity contribution >= 4 is 0 Å². The first kappa shape index (κ1) is 22.6. The topological polar surface area (TPSA) is 39.9 Å². The van der Waals surface area contributed by atoms with Crippen molar-refractivity contribution in [2.45, 2.75) is 25.6 Å². The molecule has 34 heavy (non-hydrogen) atoms. The maximum Gasteiger partial charge on any atom is 0.134 e. The molecule has 1 N–H and O–H groups in total. The molecule has 1 atom stereocenters. The van der Waals surface area contributed by atoms with Crippen LogP contribution in [0.5, 0.6) is 0 Å². The summed E-state index contributed by atoms with van der Waals surface area (Å²) < 4.78 is 6.00. The molecule has 0 bridgehead atoms. The van der Waals surface area contributed by atoms with Gasteiger partial charge in [-0.25, -0.2) is 0 Å². The van der Waals surface area contributed by atoms with Gasteiger partial charge in [0.1, 0.15) is 17.7 Å². The molecule has 0 aliphatic carbocycles. The minimum absolute atomic E-state index is 0.228. The summed E-state index contributed by atoms with van der Waals surface area (Å²) in [4.78, 5) is 4.72. The second kappa shape index (κ2) is 10.4. The Morgan fingerprint density at radius 3 is 1.79 bits per heavy atom. The van der Waals surface area contributed by atoms with E-state index in [1.807, 2.05) is 37.3 Å². The van der Waals surface area contributed by atoms with Crippen LogP contribution in [0.4, 0.5) is 0 Å². The lowest BCUT2D eigenvalue weighted by Gasteiger charge is -2.41. The minimum Gasteiger partial charge on any atom is -0.461 e. The van der Waals surface area contributed by atoms with Gasteiger partial charge in [-0.05, 0) is 29.7 Å². The molecule has 0 radical (unpaired) electrons. The van der Waals surface area contributed by atoms with Gasteiger partial charge in [0.15, 0.2) is 0 Å². The van der Waals surface area contributed by atoms with Gasteiger partial charge in [-0.15, -0.1) is 0 Å². The van der Waals surface area contributed by atoms with Crippen LogP contribution < -0.4 is 0 Å². The van der Waals surface area contributed by atoms with Gasteiger partial charge in [0.05, 0.1) is 6.04 Å². The second-order valence-corrected chi connectivity index (χ2v) is 9.04. The molecule has 1 aromatic heterocycles. The molecule has 1 unspecified atom stereocenters. The van der Waals surface area contributed by atoms with Crippen molar-refractivity contribution < 1.29 is 9.52 Å². The highest BCUT2D eigenvalue weighted by Crippen LogP contribution is 2.30. The van der Waals surface area contributed by atoms with Crippen LogP contribution in [0.25, 0.3) is 11.3 Å². The van der Waals surface area contributed by atoms with E-state index in [4.69, 9.17) is 4.42 Å². The fourth-order valence-corrected chi connectivity index (χ4v) is 4.97. The Labute approximate surface area is 202 Å². The number of hydrogen-bond donors (Lipinski definition) is 1. The van der Waals surface area contributed by atoms with Crippen LogP contribution >= 0.6 is 0 Å². The summed E-state index contributed by atoms with van der Waals surface area (Å²) in [5.74, 6) is 1.74. The number of aliphatic hydroxyl groups is 1. The maximum atomic E-state index is 11.1. The minimum atomic E-state index is -0.519. The third-order valence-electron chi connectivity index (χ3n) is 6.85.